The fourth-order valence-corrected chi connectivity index (χ4v) is 1.86. The zero-order valence-corrected chi connectivity index (χ0v) is 11.7. The lowest BCUT2D eigenvalue weighted by molar-refractivity contribution is -0.121. The van der Waals surface area contributed by atoms with Crippen molar-refractivity contribution < 1.29 is 9.59 Å². The van der Waals surface area contributed by atoms with Gasteiger partial charge in [-0.1, -0.05) is 25.0 Å². The number of primary amides is 1. The second-order valence-corrected chi connectivity index (χ2v) is 4.79. The summed E-state index contributed by atoms with van der Waals surface area (Å²) in [4.78, 5) is 22.5. The Morgan fingerprint density at radius 1 is 1.00 bits per heavy atom. The molecule has 1 aromatic carbocycles. The van der Waals surface area contributed by atoms with E-state index in [0.717, 1.165) is 31.2 Å². The van der Waals surface area contributed by atoms with Crippen LogP contribution < -0.4 is 16.8 Å². The van der Waals surface area contributed by atoms with E-state index < -0.39 is 5.91 Å². The van der Waals surface area contributed by atoms with E-state index in [2.05, 4.69) is 5.32 Å². The van der Waals surface area contributed by atoms with Gasteiger partial charge in [-0.2, -0.15) is 0 Å². The average Bonchev–Trinajstić information content (AvgIpc) is 2.45. The number of carbonyl (C=O) groups is 2. The lowest BCUT2D eigenvalue weighted by atomic mass is 10.1. The Morgan fingerprint density at radius 3 is 2.25 bits per heavy atom. The summed E-state index contributed by atoms with van der Waals surface area (Å²) in [6.45, 7) is 1.19. The molecule has 5 N–H and O–H groups in total. The first-order valence-electron chi connectivity index (χ1n) is 6.99. The quantitative estimate of drug-likeness (QED) is 0.593. The third kappa shape index (κ3) is 6.33. The normalized spacial score (nSPS) is 10.2. The summed E-state index contributed by atoms with van der Waals surface area (Å²) in [5.74, 6) is -0.394. The summed E-state index contributed by atoms with van der Waals surface area (Å²) in [6.07, 6.45) is 4.58. The van der Waals surface area contributed by atoms with Gasteiger partial charge < -0.3 is 16.8 Å². The summed E-state index contributed by atoms with van der Waals surface area (Å²) in [7, 11) is 0. The summed E-state index contributed by atoms with van der Waals surface area (Å²) in [5, 5.41) is 2.86. The number of hydrogen-bond acceptors (Lipinski definition) is 3. The molecule has 0 aromatic heterocycles. The molecule has 0 atom stereocenters. The van der Waals surface area contributed by atoms with Crippen LogP contribution in [0.2, 0.25) is 0 Å². The van der Waals surface area contributed by atoms with Crippen molar-refractivity contribution in [2.75, 3.05) is 6.54 Å². The highest BCUT2D eigenvalue weighted by Crippen LogP contribution is 2.05. The summed E-state index contributed by atoms with van der Waals surface area (Å²) >= 11 is 0. The Labute approximate surface area is 119 Å². The third-order valence-corrected chi connectivity index (χ3v) is 3.09. The number of hydrogen-bond donors (Lipinski definition) is 3. The van der Waals surface area contributed by atoms with Crippen LogP contribution in [0.15, 0.2) is 24.3 Å². The fourth-order valence-electron chi connectivity index (χ4n) is 1.86. The Bertz CT molecular complexity index is 429. The predicted octanol–water partition coefficient (Wildman–Crippen LogP) is 1.31. The van der Waals surface area contributed by atoms with Gasteiger partial charge in [0.2, 0.25) is 11.8 Å². The molecule has 0 spiro atoms. The van der Waals surface area contributed by atoms with Crippen LogP contribution in [0.3, 0.4) is 0 Å². The molecule has 2 amide bonds. The summed E-state index contributed by atoms with van der Waals surface area (Å²) in [6, 6.07) is 6.91. The standard InChI is InChI=1S/C15H23N3O2/c16-10-4-2-1-3-5-14(19)18-11-12-6-8-13(9-7-12)15(17)20/h6-9H,1-5,10-11,16H2,(H2,17,20)(H,18,19). The smallest absolute Gasteiger partial charge is 0.248 e. The Hall–Kier alpha value is -1.88. The van der Waals surface area contributed by atoms with Gasteiger partial charge in [0.15, 0.2) is 0 Å². The molecule has 0 aliphatic heterocycles. The van der Waals surface area contributed by atoms with Gasteiger partial charge in [0.05, 0.1) is 0 Å². The van der Waals surface area contributed by atoms with Crippen LogP contribution in [0.5, 0.6) is 0 Å². The number of nitrogens with one attached hydrogen (secondary N) is 1. The second-order valence-electron chi connectivity index (χ2n) is 4.79. The maximum absolute atomic E-state index is 11.6. The van der Waals surface area contributed by atoms with Crippen molar-refractivity contribution in [3.8, 4) is 0 Å². The molecular weight excluding hydrogens is 254 g/mol. The van der Waals surface area contributed by atoms with Crippen LogP contribution in [0.1, 0.15) is 48.0 Å². The van der Waals surface area contributed by atoms with Crippen molar-refractivity contribution in [1.82, 2.24) is 5.32 Å². The van der Waals surface area contributed by atoms with E-state index in [1.54, 1.807) is 24.3 Å². The molecule has 0 fully saturated rings. The van der Waals surface area contributed by atoms with Gasteiger partial charge >= 0.3 is 0 Å². The number of amides is 2. The van der Waals surface area contributed by atoms with Gasteiger partial charge in [0, 0.05) is 18.5 Å². The molecule has 0 saturated heterocycles. The van der Waals surface area contributed by atoms with Crippen LogP contribution in [0, 0.1) is 0 Å². The predicted molar refractivity (Wildman–Crippen MR) is 78.9 cm³/mol. The van der Waals surface area contributed by atoms with Crippen LogP contribution >= 0.6 is 0 Å². The zero-order chi connectivity index (χ0) is 14.8. The maximum atomic E-state index is 11.6. The molecule has 20 heavy (non-hydrogen) atoms. The number of rotatable bonds is 9. The number of nitrogens with two attached hydrogens (primary N) is 2. The fraction of sp³-hybridized carbons (Fsp3) is 0.467. The molecule has 0 aliphatic rings. The van der Waals surface area contributed by atoms with Gasteiger partial charge in [-0.25, -0.2) is 0 Å². The van der Waals surface area contributed by atoms with E-state index in [1.807, 2.05) is 0 Å². The molecule has 5 nitrogen and oxygen atoms in total. The molecule has 1 aromatic rings. The molecule has 0 aliphatic carbocycles. The van der Waals surface area contributed by atoms with Gasteiger partial charge in [0.25, 0.3) is 0 Å². The van der Waals surface area contributed by atoms with Gasteiger partial charge in [-0.3, -0.25) is 9.59 Å². The molecule has 110 valence electrons. The van der Waals surface area contributed by atoms with Gasteiger partial charge in [-0.05, 0) is 37.1 Å². The molecular formula is C15H23N3O2. The Kier molecular flexibility index (Phi) is 7.35. The molecule has 0 saturated carbocycles. The minimum absolute atomic E-state index is 0.0525. The van der Waals surface area contributed by atoms with Crippen molar-refractivity contribution in [2.24, 2.45) is 11.5 Å². The first-order chi connectivity index (χ1) is 9.63. The van der Waals surface area contributed by atoms with Crippen molar-refractivity contribution in [1.29, 1.82) is 0 Å². The highest BCUT2D eigenvalue weighted by Gasteiger charge is 2.03. The Morgan fingerprint density at radius 2 is 1.65 bits per heavy atom. The monoisotopic (exact) mass is 277 g/mol. The Balaban J connectivity index is 2.22. The van der Waals surface area contributed by atoms with E-state index in [0.29, 0.717) is 25.1 Å². The van der Waals surface area contributed by atoms with E-state index in [9.17, 15) is 9.59 Å². The van der Waals surface area contributed by atoms with E-state index >= 15 is 0 Å². The van der Waals surface area contributed by atoms with Gasteiger partial charge in [0.1, 0.15) is 0 Å². The lowest BCUT2D eigenvalue weighted by Crippen LogP contribution is -2.22. The van der Waals surface area contributed by atoms with Crippen molar-refractivity contribution in [3.05, 3.63) is 35.4 Å². The largest absolute Gasteiger partial charge is 0.366 e. The minimum atomic E-state index is -0.446. The number of benzene rings is 1. The lowest BCUT2D eigenvalue weighted by Gasteiger charge is -2.06. The summed E-state index contributed by atoms with van der Waals surface area (Å²) in [5.41, 5.74) is 12.0. The third-order valence-electron chi connectivity index (χ3n) is 3.09. The summed E-state index contributed by atoms with van der Waals surface area (Å²) < 4.78 is 0. The minimum Gasteiger partial charge on any atom is -0.366 e. The number of unbranched alkanes of at least 4 members (excludes halogenated alkanes) is 3. The highest BCUT2D eigenvalue weighted by atomic mass is 16.1. The molecule has 1 rings (SSSR count). The van der Waals surface area contributed by atoms with Crippen LogP contribution in [-0.2, 0) is 11.3 Å². The topological polar surface area (TPSA) is 98.2 Å². The molecule has 0 bridgehead atoms. The molecule has 0 radical (unpaired) electrons. The van der Waals surface area contributed by atoms with E-state index in [4.69, 9.17) is 11.5 Å². The van der Waals surface area contributed by atoms with Crippen molar-refractivity contribution in [3.63, 3.8) is 0 Å². The zero-order valence-electron chi connectivity index (χ0n) is 11.7. The maximum Gasteiger partial charge on any atom is 0.248 e. The second kappa shape index (κ2) is 9.09. The average molecular weight is 277 g/mol. The van der Waals surface area contributed by atoms with E-state index in [-0.39, 0.29) is 5.91 Å². The molecule has 0 heterocycles. The van der Waals surface area contributed by atoms with Crippen LogP contribution in [0.4, 0.5) is 0 Å². The molecule has 0 unspecified atom stereocenters. The van der Waals surface area contributed by atoms with Gasteiger partial charge in [-0.15, -0.1) is 0 Å². The first kappa shape index (κ1) is 16.2. The highest BCUT2D eigenvalue weighted by molar-refractivity contribution is 5.92. The van der Waals surface area contributed by atoms with Crippen molar-refractivity contribution >= 4 is 11.8 Å². The number of carbonyl (C=O) groups excluding carboxylic acids is 2. The van der Waals surface area contributed by atoms with Crippen molar-refractivity contribution in [2.45, 2.75) is 38.6 Å². The van der Waals surface area contributed by atoms with Crippen LogP contribution in [0.25, 0.3) is 0 Å². The SMILES string of the molecule is NCCCCCCC(=O)NCc1ccc(C(N)=O)cc1. The van der Waals surface area contributed by atoms with E-state index in [1.165, 1.54) is 0 Å². The first-order valence-corrected chi connectivity index (χ1v) is 6.99. The van der Waals surface area contributed by atoms with Crippen LogP contribution in [-0.4, -0.2) is 18.4 Å². The molecule has 5 heteroatoms.